The Labute approximate surface area is 76.5 Å². The van der Waals surface area contributed by atoms with Crippen LogP contribution in [0.1, 0.15) is 20.3 Å². The van der Waals surface area contributed by atoms with E-state index in [0.717, 1.165) is 0 Å². The zero-order chi connectivity index (χ0) is 10.3. The van der Waals surface area contributed by atoms with Crippen molar-refractivity contribution in [2.24, 2.45) is 0 Å². The Kier molecular flexibility index (Phi) is 6.07. The highest BCUT2D eigenvalue weighted by atomic mass is 19.4. The van der Waals surface area contributed by atoms with Gasteiger partial charge in [-0.05, 0) is 13.8 Å². The van der Waals surface area contributed by atoms with E-state index in [2.05, 4.69) is 5.32 Å². The first-order valence-corrected chi connectivity index (χ1v) is 4.31. The van der Waals surface area contributed by atoms with E-state index in [1.54, 1.807) is 0 Å². The minimum atomic E-state index is -4.06. The molecule has 0 aromatic carbocycles. The third-order valence-corrected chi connectivity index (χ3v) is 1.32. The third kappa shape index (κ3) is 11.7. The molecular weight excluding hydrogens is 183 g/mol. The summed E-state index contributed by atoms with van der Waals surface area (Å²) in [6.45, 7) is 4.65. The summed E-state index contributed by atoms with van der Waals surface area (Å²) in [6.07, 6.45) is -4.72. The van der Waals surface area contributed by atoms with E-state index in [4.69, 9.17) is 4.74 Å². The lowest BCUT2D eigenvalue weighted by atomic mass is 10.4. The van der Waals surface area contributed by atoms with Crippen molar-refractivity contribution < 1.29 is 17.9 Å². The Morgan fingerprint density at radius 3 is 2.31 bits per heavy atom. The van der Waals surface area contributed by atoms with Gasteiger partial charge in [0.1, 0.15) is 0 Å². The van der Waals surface area contributed by atoms with Crippen molar-refractivity contribution in [2.75, 3.05) is 19.7 Å². The normalized spacial score (nSPS) is 12.5. The molecule has 0 aromatic heterocycles. The topological polar surface area (TPSA) is 21.3 Å². The molecule has 0 aliphatic heterocycles. The molecule has 0 aliphatic carbocycles. The molecule has 80 valence electrons. The number of hydrogen-bond donors (Lipinski definition) is 1. The van der Waals surface area contributed by atoms with Crippen LogP contribution in [0.5, 0.6) is 0 Å². The van der Waals surface area contributed by atoms with Gasteiger partial charge in [0.15, 0.2) is 0 Å². The summed E-state index contributed by atoms with van der Waals surface area (Å²) < 4.78 is 40.0. The fourth-order valence-electron chi connectivity index (χ4n) is 0.722. The van der Waals surface area contributed by atoms with Gasteiger partial charge in [0, 0.05) is 13.1 Å². The van der Waals surface area contributed by atoms with Gasteiger partial charge in [-0.3, -0.25) is 0 Å². The fourth-order valence-corrected chi connectivity index (χ4v) is 0.722. The lowest BCUT2D eigenvalue weighted by Crippen LogP contribution is -2.25. The first kappa shape index (κ1) is 12.7. The van der Waals surface area contributed by atoms with E-state index in [1.165, 1.54) is 0 Å². The molecule has 5 heteroatoms. The summed E-state index contributed by atoms with van der Waals surface area (Å²) in [5, 5.41) is 2.65. The fraction of sp³-hybridized carbons (Fsp3) is 1.00. The second kappa shape index (κ2) is 6.21. The van der Waals surface area contributed by atoms with Crippen LogP contribution in [0.4, 0.5) is 13.2 Å². The first-order valence-electron chi connectivity index (χ1n) is 4.31. The highest BCUT2D eigenvalue weighted by molar-refractivity contribution is 4.54. The van der Waals surface area contributed by atoms with Gasteiger partial charge < -0.3 is 10.1 Å². The molecule has 0 unspecified atom stereocenters. The number of hydrogen-bond acceptors (Lipinski definition) is 2. The minimum absolute atomic E-state index is 0.0368. The number of halogens is 3. The largest absolute Gasteiger partial charge is 0.390 e. The van der Waals surface area contributed by atoms with Crippen LogP contribution in [-0.4, -0.2) is 32.0 Å². The molecule has 0 atom stereocenters. The SMILES string of the molecule is CC(C)OCCNCCC(F)(F)F. The molecule has 13 heavy (non-hydrogen) atoms. The molecule has 2 nitrogen and oxygen atoms in total. The van der Waals surface area contributed by atoms with Crippen molar-refractivity contribution in [1.82, 2.24) is 5.32 Å². The predicted octanol–water partition coefficient (Wildman–Crippen LogP) is 1.95. The highest BCUT2D eigenvalue weighted by Gasteiger charge is 2.25. The average Bonchev–Trinajstić information content (AvgIpc) is 1.93. The van der Waals surface area contributed by atoms with Crippen molar-refractivity contribution in [1.29, 1.82) is 0 Å². The maximum atomic E-state index is 11.6. The average molecular weight is 199 g/mol. The molecule has 1 N–H and O–H groups in total. The summed E-state index contributed by atoms with van der Waals surface area (Å²) in [4.78, 5) is 0. The molecule has 0 aromatic rings. The molecule has 0 heterocycles. The maximum Gasteiger partial charge on any atom is 0.390 e. The Morgan fingerprint density at radius 1 is 1.23 bits per heavy atom. The third-order valence-electron chi connectivity index (χ3n) is 1.32. The van der Waals surface area contributed by atoms with E-state index in [0.29, 0.717) is 13.2 Å². The first-order chi connectivity index (χ1) is 5.92. The molecule has 0 amide bonds. The molecule has 0 saturated carbocycles. The second-order valence-corrected chi connectivity index (χ2v) is 3.03. The second-order valence-electron chi connectivity index (χ2n) is 3.03. The molecule has 0 bridgehead atoms. The van der Waals surface area contributed by atoms with Crippen LogP contribution in [0.2, 0.25) is 0 Å². The van der Waals surface area contributed by atoms with Gasteiger partial charge in [-0.15, -0.1) is 0 Å². The van der Waals surface area contributed by atoms with Crippen molar-refractivity contribution in [3.63, 3.8) is 0 Å². The summed E-state index contributed by atoms with van der Waals surface area (Å²) in [7, 11) is 0. The number of rotatable bonds is 6. The Hall–Kier alpha value is -0.290. The molecule has 0 radical (unpaired) electrons. The Balaban J connectivity index is 3.09. The number of alkyl halides is 3. The van der Waals surface area contributed by atoms with Crippen LogP contribution in [-0.2, 0) is 4.74 Å². The van der Waals surface area contributed by atoms with Gasteiger partial charge >= 0.3 is 6.18 Å². The zero-order valence-corrected chi connectivity index (χ0v) is 7.95. The summed E-state index contributed by atoms with van der Waals surface area (Å²) in [6, 6.07) is 0. The molecule has 0 saturated heterocycles. The van der Waals surface area contributed by atoms with E-state index in [1.807, 2.05) is 13.8 Å². The van der Waals surface area contributed by atoms with Gasteiger partial charge in [-0.2, -0.15) is 13.2 Å². The van der Waals surface area contributed by atoms with E-state index < -0.39 is 12.6 Å². The lowest BCUT2D eigenvalue weighted by Gasteiger charge is -2.09. The number of ether oxygens (including phenoxy) is 1. The Bertz CT molecular complexity index is 125. The summed E-state index contributed by atoms with van der Waals surface area (Å²) in [5.74, 6) is 0. The standard InChI is InChI=1S/C8H16F3NO/c1-7(2)13-6-5-12-4-3-8(9,10)11/h7,12H,3-6H2,1-2H3. The molecule has 0 rings (SSSR count). The Morgan fingerprint density at radius 2 is 1.85 bits per heavy atom. The van der Waals surface area contributed by atoms with Crippen molar-refractivity contribution >= 4 is 0 Å². The van der Waals surface area contributed by atoms with Crippen molar-refractivity contribution in [3.8, 4) is 0 Å². The van der Waals surface area contributed by atoms with Crippen LogP contribution < -0.4 is 5.32 Å². The van der Waals surface area contributed by atoms with Crippen LogP contribution in [0.25, 0.3) is 0 Å². The van der Waals surface area contributed by atoms with E-state index in [-0.39, 0.29) is 12.6 Å². The van der Waals surface area contributed by atoms with Crippen LogP contribution in [0.15, 0.2) is 0 Å². The van der Waals surface area contributed by atoms with Crippen molar-refractivity contribution in [2.45, 2.75) is 32.5 Å². The van der Waals surface area contributed by atoms with Gasteiger partial charge in [-0.25, -0.2) is 0 Å². The number of nitrogens with one attached hydrogen (secondary N) is 1. The monoisotopic (exact) mass is 199 g/mol. The van der Waals surface area contributed by atoms with Gasteiger partial charge in [0.25, 0.3) is 0 Å². The summed E-state index contributed by atoms with van der Waals surface area (Å²) in [5.41, 5.74) is 0. The summed E-state index contributed by atoms with van der Waals surface area (Å²) >= 11 is 0. The quantitative estimate of drug-likeness (QED) is 0.660. The minimum Gasteiger partial charge on any atom is -0.377 e. The van der Waals surface area contributed by atoms with Gasteiger partial charge in [0.05, 0.1) is 19.1 Å². The highest BCUT2D eigenvalue weighted by Crippen LogP contribution is 2.17. The van der Waals surface area contributed by atoms with E-state index in [9.17, 15) is 13.2 Å². The van der Waals surface area contributed by atoms with Crippen LogP contribution in [0, 0.1) is 0 Å². The lowest BCUT2D eigenvalue weighted by molar-refractivity contribution is -0.133. The zero-order valence-electron chi connectivity index (χ0n) is 7.95. The molecule has 0 fully saturated rings. The van der Waals surface area contributed by atoms with E-state index >= 15 is 0 Å². The van der Waals surface area contributed by atoms with Gasteiger partial charge in [0.2, 0.25) is 0 Å². The predicted molar refractivity (Wildman–Crippen MR) is 44.6 cm³/mol. The molecule has 0 aliphatic rings. The smallest absolute Gasteiger partial charge is 0.377 e. The molecular formula is C8H16F3NO. The van der Waals surface area contributed by atoms with Crippen LogP contribution in [0.3, 0.4) is 0 Å². The molecule has 0 spiro atoms. The van der Waals surface area contributed by atoms with Crippen molar-refractivity contribution in [3.05, 3.63) is 0 Å². The maximum absolute atomic E-state index is 11.6. The van der Waals surface area contributed by atoms with Gasteiger partial charge in [-0.1, -0.05) is 0 Å². The van der Waals surface area contributed by atoms with Crippen LogP contribution >= 0.6 is 0 Å².